The molecular weight excluding hydrogens is 220 g/mol. The van der Waals surface area contributed by atoms with Gasteiger partial charge in [0.05, 0.1) is 6.61 Å². The van der Waals surface area contributed by atoms with E-state index in [9.17, 15) is 0 Å². The zero-order chi connectivity index (χ0) is 13.1. The van der Waals surface area contributed by atoms with Gasteiger partial charge < -0.3 is 32.6 Å². The van der Waals surface area contributed by atoms with Gasteiger partial charge >= 0.3 is 0 Å². The molecule has 0 radical (unpaired) electrons. The van der Waals surface area contributed by atoms with Gasteiger partial charge in [0, 0.05) is 6.04 Å². The number of nitrogens with two attached hydrogens (primary N) is 3. The van der Waals surface area contributed by atoms with Crippen LogP contribution in [0.4, 0.5) is 0 Å². The predicted octanol–water partition coefficient (Wildman–Crippen LogP) is -1.28. The lowest BCUT2D eigenvalue weighted by atomic mass is 10.1. The topological polar surface area (TPSA) is 124 Å². The van der Waals surface area contributed by atoms with Crippen molar-refractivity contribution in [2.45, 2.75) is 32.5 Å². The van der Waals surface area contributed by atoms with Gasteiger partial charge in [0.2, 0.25) is 0 Å². The molecule has 7 heteroatoms. The molecule has 0 amide bonds. The number of nitrogens with zero attached hydrogens (tertiary/aromatic N) is 1. The Kier molecular flexibility index (Phi) is 4.19. The van der Waals surface area contributed by atoms with Crippen molar-refractivity contribution in [1.82, 2.24) is 10.6 Å². The molecule has 1 aliphatic heterocycles. The number of hydrogen-bond acceptors (Lipinski definition) is 7. The average molecular weight is 242 g/mol. The summed E-state index contributed by atoms with van der Waals surface area (Å²) in [4.78, 5) is 3.84. The average Bonchev–Trinajstić information content (AvgIpc) is 2.24. The van der Waals surface area contributed by atoms with E-state index in [1.54, 1.807) is 6.92 Å². The zero-order valence-corrected chi connectivity index (χ0v) is 10.6. The maximum absolute atomic E-state index is 5.86. The van der Waals surface area contributed by atoms with Crippen LogP contribution >= 0.6 is 0 Å². The standard InChI is InChI=1S/C10H22N6O/c1-4-14-6(2)5-17-10(3)7(11)8(12)15-9(13)16-10/h6,14H,4-5,11-12H2,1-3H3,(H3,13,15,16). The van der Waals surface area contributed by atoms with Crippen molar-refractivity contribution < 1.29 is 4.74 Å². The van der Waals surface area contributed by atoms with Gasteiger partial charge in [0.25, 0.3) is 0 Å². The lowest BCUT2D eigenvalue weighted by Gasteiger charge is -2.35. The number of hydrogen-bond donors (Lipinski definition) is 5. The second-order valence-electron chi connectivity index (χ2n) is 4.22. The van der Waals surface area contributed by atoms with Crippen molar-refractivity contribution in [3.8, 4) is 0 Å². The monoisotopic (exact) mass is 242 g/mol. The summed E-state index contributed by atoms with van der Waals surface area (Å²) in [6, 6.07) is 0.215. The number of aliphatic imine (C=N–C) groups is 1. The van der Waals surface area contributed by atoms with E-state index in [-0.39, 0.29) is 17.8 Å². The van der Waals surface area contributed by atoms with E-state index in [1.165, 1.54) is 0 Å². The molecular formula is C10H22N6O. The van der Waals surface area contributed by atoms with Gasteiger partial charge in [-0.2, -0.15) is 4.99 Å². The van der Waals surface area contributed by atoms with Crippen molar-refractivity contribution in [2.24, 2.45) is 22.2 Å². The molecule has 7 nitrogen and oxygen atoms in total. The number of rotatable bonds is 5. The van der Waals surface area contributed by atoms with Crippen molar-refractivity contribution in [3.05, 3.63) is 11.5 Å². The summed E-state index contributed by atoms with van der Waals surface area (Å²) >= 11 is 0. The molecule has 2 unspecified atom stereocenters. The Bertz CT molecular complexity index is 340. The number of ether oxygens (including phenoxy) is 1. The second kappa shape index (κ2) is 5.24. The van der Waals surface area contributed by atoms with Gasteiger partial charge in [-0.3, -0.25) is 0 Å². The largest absolute Gasteiger partial charge is 0.395 e. The van der Waals surface area contributed by atoms with E-state index in [4.69, 9.17) is 21.9 Å². The molecule has 17 heavy (non-hydrogen) atoms. The van der Waals surface area contributed by atoms with Crippen molar-refractivity contribution in [1.29, 1.82) is 0 Å². The molecule has 98 valence electrons. The maximum atomic E-state index is 5.86. The van der Waals surface area contributed by atoms with Gasteiger partial charge in [-0.15, -0.1) is 0 Å². The summed E-state index contributed by atoms with van der Waals surface area (Å²) in [5.41, 5.74) is 16.6. The van der Waals surface area contributed by atoms with E-state index >= 15 is 0 Å². The van der Waals surface area contributed by atoms with Crippen LogP contribution in [-0.4, -0.2) is 30.9 Å². The van der Waals surface area contributed by atoms with Gasteiger partial charge in [0.1, 0.15) is 5.70 Å². The fraction of sp³-hybridized carbons (Fsp3) is 0.700. The third kappa shape index (κ3) is 3.24. The molecule has 1 rings (SSSR count). The highest BCUT2D eigenvalue weighted by Gasteiger charge is 2.34. The molecule has 0 aromatic rings. The van der Waals surface area contributed by atoms with E-state index in [0.717, 1.165) is 6.54 Å². The lowest BCUT2D eigenvalue weighted by Crippen LogP contribution is -2.58. The second-order valence-corrected chi connectivity index (χ2v) is 4.22. The highest BCUT2D eigenvalue weighted by Crippen LogP contribution is 2.19. The predicted molar refractivity (Wildman–Crippen MR) is 67.7 cm³/mol. The molecule has 0 aromatic heterocycles. The van der Waals surface area contributed by atoms with Crippen molar-refractivity contribution in [2.75, 3.05) is 13.2 Å². The zero-order valence-electron chi connectivity index (χ0n) is 10.6. The third-order valence-corrected chi connectivity index (χ3v) is 2.57. The molecule has 0 fully saturated rings. The Morgan fingerprint density at radius 1 is 1.47 bits per heavy atom. The molecule has 0 bridgehead atoms. The Morgan fingerprint density at radius 2 is 2.12 bits per heavy atom. The van der Waals surface area contributed by atoms with Crippen molar-refractivity contribution >= 4 is 5.96 Å². The van der Waals surface area contributed by atoms with Crippen LogP contribution in [0.1, 0.15) is 20.8 Å². The first kappa shape index (κ1) is 13.6. The fourth-order valence-electron chi connectivity index (χ4n) is 1.59. The van der Waals surface area contributed by atoms with Crippen LogP contribution in [0.2, 0.25) is 0 Å². The summed E-state index contributed by atoms with van der Waals surface area (Å²) in [6.07, 6.45) is 0. The molecule has 0 saturated carbocycles. The molecule has 8 N–H and O–H groups in total. The Labute approximate surface area is 101 Å². The molecule has 0 aliphatic carbocycles. The summed E-state index contributed by atoms with van der Waals surface area (Å²) in [5, 5.41) is 6.12. The minimum Gasteiger partial charge on any atom is -0.395 e. The Balaban J connectivity index is 2.66. The van der Waals surface area contributed by atoms with Gasteiger partial charge in [0.15, 0.2) is 17.5 Å². The van der Waals surface area contributed by atoms with Crippen LogP contribution < -0.4 is 27.8 Å². The normalized spacial score (nSPS) is 26.4. The molecule has 0 saturated heterocycles. The smallest absolute Gasteiger partial charge is 0.197 e. The Morgan fingerprint density at radius 3 is 2.71 bits per heavy atom. The van der Waals surface area contributed by atoms with E-state index < -0.39 is 5.72 Å². The molecule has 1 aliphatic rings. The maximum Gasteiger partial charge on any atom is 0.197 e. The first-order valence-corrected chi connectivity index (χ1v) is 5.64. The minimum absolute atomic E-state index is 0.194. The van der Waals surface area contributed by atoms with Gasteiger partial charge in [-0.1, -0.05) is 6.92 Å². The van der Waals surface area contributed by atoms with Crippen LogP contribution in [0.25, 0.3) is 0 Å². The highest BCUT2D eigenvalue weighted by atomic mass is 16.5. The van der Waals surface area contributed by atoms with Gasteiger partial charge in [-0.25, -0.2) is 0 Å². The van der Waals surface area contributed by atoms with E-state index in [0.29, 0.717) is 12.3 Å². The highest BCUT2D eigenvalue weighted by molar-refractivity contribution is 5.81. The summed E-state index contributed by atoms with van der Waals surface area (Å²) in [7, 11) is 0. The van der Waals surface area contributed by atoms with E-state index in [1.807, 2.05) is 13.8 Å². The lowest BCUT2D eigenvalue weighted by molar-refractivity contribution is -0.0265. The third-order valence-electron chi connectivity index (χ3n) is 2.57. The molecule has 2 atom stereocenters. The fourth-order valence-corrected chi connectivity index (χ4v) is 1.59. The van der Waals surface area contributed by atoms with Crippen LogP contribution in [-0.2, 0) is 4.74 Å². The van der Waals surface area contributed by atoms with Crippen LogP contribution in [0.15, 0.2) is 16.5 Å². The number of nitrogens with one attached hydrogen (secondary N) is 2. The molecule has 0 spiro atoms. The van der Waals surface area contributed by atoms with Crippen LogP contribution in [0.3, 0.4) is 0 Å². The summed E-state index contributed by atoms with van der Waals surface area (Å²) in [5.74, 6) is 0.398. The molecule has 1 heterocycles. The van der Waals surface area contributed by atoms with Crippen molar-refractivity contribution in [3.63, 3.8) is 0 Å². The SMILES string of the molecule is CCNC(C)COC1(C)NC(N)=NC(N)=C1N. The minimum atomic E-state index is -0.903. The van der Waals surface area contributed by atoms with Crippen LogP contribution in [0.5, 0.6) is 0 Å². The van der Waals surface area contributed by atoms with E-state index in [2.05, 4.69) is 15.6 Å². The summed E-state index contributed by atoms with van der Waals surface area (Å²) in [6.45, 7) is 7.20. The molecule has 0 aromatic carbocycles. The first-order chi connectivity index (χ1) is 7.89. The van der Waals surface area contributed by atoms with Crippen LogP contribution in [0, 0.1) is 0 Å². The quantitative estimate of drug-likeness (QED) is 0.409. The first-order valence-electron chi connectivity index (χ1n) is 5.64. The van der Waals surface area contributed by atoms with Gasteiger partial charge in [-0.05, 0) is 20.4 Å². The number of guanidine groups is 1. The number of likely N-dealkylation sites (N-methyl/N-ethyl adjacent to an activating group) is 1. The Hall–Kier alpha value is -1.47. The summed E-state index contributed by atoms with van der Waals surface area (Å²) < 4.78 is 5.74.